The molecule has 186 valence electrons. The Hall–Kier alpha value is -4.37. The number of para-hydroxylation sites is 2. The maximum atomic E-state index is 12.1. The van der Waals surface area contributed by atoms with Crippen molar-refractivity contribution in [1.82, 2.24) is 15.6 Å². The number of carbonyl (C=O) groups is 2. The lowest BCUT2D eigenvalue weighted by molar-refractivity contribution is -0.139. The fourth-order valence-corrected chi connectivity index (χ4v) is 3.50. The van der Waals surface area contributed by atoms with E-state index < -0.39 is 18.1 Å². The van der Waals surface area contributed by atoms with Crippen molar-refractivity contribution in [2.75, 3.05) is 13.2 Å². The molecule has 0 fully saturated rings. The van der Waals surface area contributed by atoms with Gasteiger partial charge in [0.15, 0.2) is 5.58 Å². The van der Waals surface area contributed by atoms with Crippen LogP contribution in [0, 0.1) is 0 Å². The third kappa shape index (κ3) is 7.31. The topological polar surface area (TPSA) is 123 Å². The van der Waals surface area contributed by atoms with Gasteiger partial charge >= 0.3 is 12.1 Å². The van der Waals surface area contributed by atoms with E-state index in [1.165, 1.54) is 0 Å². The molecule has 0 saturated heterocycles. The summed E-state index contributed by atoms with van der Waals surface area (Å²) in [5, 5.41) is 15.1. The van der Waals surface area contributed by atoms with Gasteiger partial charge in [-0.1, -0.05) is 54.6 Å². The van der Waals surface area contributed by atoms with E-state index in [0.717, 1.165) is 22.2 Å². The van der Waals surface area contributed by atoms with Gasteiger partial charge in [0, 0.05) is 13.0 Å². The first-order valence-corrected chi connectivity index (χ1v) is 11.5. The molecular weight excluding hydrogens is 462 g/mol. The predicted octanol–water partition coefficient (Wildman–Crippen LogP) is 3.92. The quantitative estimate of drug-likeness (QED) is 0.256. The second kappa shape index (κ2) is 12.4. The average Bonchev–Trinajstić information content (AvgIpc) is 3.31. The number of fused-ring (bicyclic) bond motifs is 1. The van der Waals surface area contributed by atoms with Crippen molar-refractivity contribution in [1.29, 1.82) is 0 Å². The Kier molecular flexibility index (Phi) is 8.50. The highest BCUT2D eigenvalue weighted by atomic mass is 16.5. The lowest BCUT2D eigenvalue weighted by atomic mass is 10.1. The summed E-state index contributed by atoms with van der Waals surface area (Å²) in [6.45, 7) is 1.59. The van der Waals surface area contributed by atoms with Gasteiger partial charge in [0.2, 0.25) is 5.89 Å². The Morgan fingerprint density at radius 1 is 0.944 bits per heavy atom. The number of benzene rings is 3. The average molecular weight is 490 g/mol. The molecular formula is C27H27N3O6. The van der Waals surface area contributed by atoms with Gasteiger partial charge in [-0.05, 0) is 35.4 Å². The van der Waals surface area contributed by atoms with Gasteiger partial charge < -0.3 is 29.6 Å². The fourth-order valence-electron chi connectivity index (χ4n) is 3.50. The molecule has 1 atom stereocenters. The molecule has 0 aliphatic heterocycles. The molecule has 3 aromatic carbocycles. The van der Waals surface area contributed by atoms with Gasteiger partial charge in [-0.25, -0.2) is 14.6 Å². The number of alkyl carbamates (subject to hydrolysis) is 1. The van der Waals surface area contributed by atoms with E-state index in [4.69, 9.17) is 13.9 Å². The van der Waals surface area contributed by atoms with Gasteiger partial charge in [0.25, 0.3) is 0 Å². The maximum Gasteiger partial charge on any atom is 0.408 e. The van der Waals surface area contributed by atoms with Crippen LogP contribution in [0.25, 0.3) is 11.1 Å². The van der Waals surface area contributed by atoms with Crippen molar-refractivity contribution < 1.29 is 28.6 Å². The summed E-state index contributed by atoms with van der Waals surface area (Å²) in [7, 11) is 0. The molecule has 4 rings (SSSR count). The Labute approximate surface area is 208 Å². The molecule has 0 unspecified atom stereocenters. The minimum Gasteiger partial charge on any atom is -0.492 e. The molecule has 9 nitrogen and oxygen atoms in total. The number of carbonyl (C=O) groups excluding carboxylic acids is 1. The van der Waals surface area contributed by atoms with Crippen molar-refractivity contribution in [3.8, 4) is 5.75 Å². The van der Waals surface area contributed by atoms with Crippen LogP contribution in [0.1, 0.15) is 17.0 Å². The van der Waals surface area contributed by atoms with Crippen molar-refractivity contribution >= 4 is 23.2 Å². The molecule has 3 N–H and O–H groups in total. The Morgan fingerprint density at radius 3 is 2.44 bits per heavy atom. The smallest absolute Gasteiger partial charge is 0.408 e. The lowest BCUT2D eigenvalue weighted by Gasteiger charge is -2.15. The van der Waals surface area contributed by atoms with Crippen molar-refractivity contribution in [2.24, 2.45) is 0 Å². The Balaban J connectivity index is 1.17. The number of nitrogens with zero attached hydrogens (tertiary/aromatic N) is 1. The van der Waals surface area contributed by atoms with Crippen LogP contribution in [0.15, 0.2) is 83.3 Å². The zero-order valence-corrected chi connectivity index (χ0v) is 19.6. The highest BCUT2D eigenvalue weighted by Crippen LogP contribution is 2.15. The number of hydrogen-bond acceptors (Lipinski definition) is 7. The summed E-state index contributed by atoms with van der Waals surface area (Å²) in [6, 6.07) is 22.7. The number of carboxylic acid groups (broad SMARTS) is 1. The third-order valence-corrected chi connectivity index (χ3v) is 5.33. The van der Waals surface area contributed by atoms with Crippen LogP contribution in [0.4, 0.5) is 4.79 Å². The Bertz CT molecular complexity index is 1240. The van der Waals surface area contributed by atoms with E-state index in [-0.39, 0.29) is 13.0 Å². The molecule has 1 aromatic heterocycles. The molecule has 0 saturated carbocycles. The van der Waals surface area contributed by atoms with Gasteiger partial charge in [-0.15, -0.1) is 0 Å². The standard InChI is InChI=1S/C27H27N3O6/c31-26(32)23(30-27(33)35-18-20-6-2-1-3-7-20)16-19-10-12-21(13-11-19)34-15-14-28-17-25-29-22-8-4-5-9-24(22)36-25/h1-13,23,28H,14-18H2,(H,30,33)(H,31,32)/t23-/m0/s1. The summed E-state index contributed by atoms with van der Waals surface area (Å²) in [5.41, 5.74) is 3.15. The summed E-state index contributed by atoms with van der Waals surface area (Å²) >= 11 is 0. The van der Waals surface area contributed by atoms with Crippen LogP contribution in [0.5, 0.6) is 5.75 Å². The second-order valence-electron chi connectivity index (χ2n) is 8.05. The van der Waals surface area contributed by atoms with Gasteiger partial charge in [-0.2, -0.15) is 0 Å². The first-order chi connectivity index (χ1) is 17.6. The van der Waals surface area contributed by atoms with E-state index in [1.54, 1.807) is 24.3 Å². The summed E-state index contributed by atoms with van der Waals surface area (Å²) in [6.07, 6.45) is -0.668. The number of rotatable bonds is 12. The van der Waals surface area contributed by atoms with Gasteiger partial charge in [-0.3, -0.25) is 0 Å². The largest absolute Gasteiger partial charge is 0.492 e. The molecule has 4 aromatic rings. The predicted molar refractivity (Wildman–Crippen MR) is 133 cm³/mol. The number of nitrogens with one attached hydrogen (secondary N) is 2. The summed E-state index contributed by atoms with van der Waals surface area (Å²) in [4.78, 5) is 28.1. The Morgan fingerprint density at radius 2 is 1.69 bits per heavy atom. The van der Waals surface area contributed by atoms with E-state index >= 15 is 0 Å². The van der Waals surface area contributed by atoms with E-state index in [0.29, 0.717) is 31.3 Å². The SMILES string of the molecule is O=C(N[C@@H](Cc1ccc(OCCNCc2nc3ccccc3o2)cc1)C(=O)O)OCc1ccccc1. The number of ether oxygens (including phenoxy) is 2. The molecule has 0 radical (unpaired) electrons. The molecule has 9 heteroatoms. The molecule has 36 heavy (non-hydrogen) atoms. The van der Waals surface area contributed by atoms with Crippen molar-refractivity contribution in [3.05, 3.63) is 95.9 Å². The van der Waals surface area contributed by atoms with Crippen LogP contribution in [0.3, 0.4) is 0 Å². The van der Waals surface area contributed by atoms with Crippen LogP contribution >= 0.6 is 0 Å². The minimum absolute atomic E-state index is 0.0642. The third-order valence-electron chi connectivity index (χ3n) is 5.33. The summed E-state index contributed by atoms with van der Waals surface area (Å²) in [5.74, 6) is 0.132. The zero-order chi connectivity index (χ0) is 25.2. The minimum atomic E-state index is -1.14. The van der Waals surface area contributed by atoms with Crippen LogP contribution in [-0.4, -0.2) is 41.3 Å². The lowest BCUT2D eigenvalue weighted by Crippen LogP contribution is -2.42. The first kappa shape index (κ1) is 24.7. The van der Waals surface area contributed by atoms with E-state index in [2.05, 4.69) is 15.6 Å². The highest BCUT2D eigenvalue weighted by Gasteiger charge is 2.21. The fraction of sp³-hybridized carbons (Fsp3) is 0.222. The van der Waals surface area contributed by atoms with Crippen molar-refractivity contribution in [3.63, 3.8) is 0 Å². The number of aromatic nitrogens is 1. The number of aliphatic carboxylic acids is 1. The molecule has 0 aliphatic carbocycles. The molecule has 1 heterocycles. The number of carboxylic acids is 1. The normalized spacial score (nSPS) is 11.7. The van der Waals surface area contributed by atoms with Crippen LogP contribution < -0.4 is 15.4 Å². The molecule has 0 spiro atoms. The van der Waals surface area contributed by atoms with Gasteiger partial charge in [0.1, 0.15) is 30.5 Å². The van der Waals surface area contributed by atoms with E-state index in [9.17, 15) is 14.7 Å². The van der Waals surface area contributed by atoms with Crippen molar-refractivity contribution in [2.45, 2.75) is 25.6 Å². The van der Waals surface area contributed by atoms with E-state index in [1.807, 2.05) is 54.6 Å². The number of oxazole rings is 1. The first-order valence-electron chi connectivity index (χ1n) is 11.5. The molecule has 1 amide bonds. The van der Waals surface area contributed by atoms with Gasteiger partial charge in [0.05, 0.1) is 6.54 Å². The van der Waals surface area contributed by atoms with Crippen LogP contribution in [0.2, 0.25) is 0 Å². The number of hydrogen-bond donors (Lipinski definition) is 3. The maximum absolute atomic E-state index is 12.1. The molecule has 0 bridgehead atoms. The second-order valence-corrected chi connectivity index (χ2v) is 8.05. The molecule has 0 aliphatic rings. The number of amides is 1. The monoisotopic (exact) mass is 489 g/mol. The van der Waals surface area contributed by atoms with Crippen LogP contribution in [-0.2, 0) is 29.1 Å². The zero-order valence-electron chi connectivity index (χ0n) is 19.6. The highest BCUT2D eigenvalue weighted by molar-refractivity contribution is 5.80. The summed E-state index contributed by atoms with van der Waals surface area (Å²) < 4.78 is 16.5.